The fraction of sp³-hybridized carbons (Fsp3) is 0.308. The summed E-state index contributed by atoms with van der Waals surface area (Å²) in [6.07, 6.45) is 3.97. The maximum Gasteiger partial charge on any atom is 0.252 e. The van der Waals surface area contributed by atoms with Crippen molar-refractivity contribution in [3.05, 3.63) is 41.5 Å². The molecule has 1 fully saturated rings. The van der Waals surface area contributed by atoms with Crippen molar-refractivity contribution >= 4 is 12.0 Å². The highest BCUT2D eigenvalue weighted by Crippen LogP contribution is 2.21. The number of nitrogens with one attached hydrogen (secondary N) is 1. The molecular formula is C13H15NO. The van der Waals surface area contributed by atoms with Crippen molar-refractivity contribution in [2.45, 2.75) is 25.8 Å². The lowest BCUT2D eigenvalue weighted by Gasteiger charge is -2.08. The van der Waals surface area contributed by atoms with Crippen LogP contribution in [0.1, 0.15) is 34.3 Å². The molecule has 1 aliphatic rings. The van der Waals surface area contributed by atoms with Gasteiger partial charge in [-0.1, -0.05) is 24.8 Å². The van der Waals surface area contributed by atoms with Crippen molar-refractivity contribution in [2.75, 3.05) is 0 Å². The summed E-state index contributed by atoms with van der Waals surface area (Å²) >= 11 is 0. The SMILES string of the molecule is C=Cc1c(C)cccc1C(=O)NC1CC1. The first kappa shape index (κ1) is 9.97. The van der Waals surface area contributed by atoms with Crippen molar-refractivity contribution in [3.63, 3.8) is 0 Å². The molecule has 78 valence electrons. The van der Waals surface area contributed by atoms with Gasteiger partial charge in [0.1, 0.15) is 0 Å². The van der Waals surface area contributed by atoms with Gasteiger partial charge >= 0.3 is 0 Å². The Labute approximate surface area is 90.0 Å². The second-order valence-corrected chi connectivity index (χ2v) is 3.99. The molecule has 1 aliphatic carbocycles. The van der Waals surface area contributed by atoms with Gasteiger partial charge in [0.2, 0.25) is 0 Å². The zero-order valence-electron chi connectivity index (χ0n) is 8.92. The fourth-order valence-electron chi connectivity index (χ4n) is 1.64. The summed E-state index contributed by atoms with van der Waals surface area (Å²) in [5.74, 6) is 0.0242. The minimum Gasteiger partial charge on any atom is -0.349 e. The van der Waals surface area contributed by atoms with Crippen molar-refractivity contribution in [2.24, 2.45) is 0 Å². The van der Waals surface area contributed by atoms with E-state index >= 15 is 0 Å². The van der Waals surface area contributed by atoms with Crippen LogP contribution in [0.2, 0.25) is 0 Å². The normalized spacial score (nSPS) is 14.7. The first-order valence-corrected chi connectivity index (χ1v) is 5.25. The molecular weight excluding hydrogens is 186 g/mol. The van der Waals surface area contributed by atoms with Gasteiger partial charge < -0.3 is 5.32 Å². The highest BCUT2D eigenvalue weighted by Gasteiger charge is 2.24. The Morgan fingerprint density at radius 3 is 2.87 bits per heavy atom. The Balaban J connectivity index is 2.28. The quantitative estimate of drug-likeness (QED) is 0.800. The fourth-order valence-corrected chi connectivity index (χ4v) is 1.64. The van der Waals surface area contributed by atoms with Gasteiger partial charge in [-0.2, -0.15) is 0 Å². The van der Waals surface area contributed by atoms with E-state index in [1.807, 2.05) is 25.1 Å². The summed E-state index contributed by atoms with van der Waals surface area (Å²) in [5, 5.41) is 2.99. The van der Waals surface area contributed by atoms with Crippen LogP contribution in [0.5, 0.6) is 0 Å². The van der Waals surface area contributed by atoms with Crippen molar-refractivity contribution in [1.29, 1.82) is 0 Å². The van der Waals surface area contributed by atoms with Crippen molar-refractivity contribution in [3.8, 4) is 0 Å². The number of rotatable bonds is 3. The summed E-state index contributed by atoms with van der Waals surface area (Å²) in [6, 6.07) is 6.15. The molecule has 0 bridgehead atoms. The van der Waals surface area contributed by atoms with Crippen molar-refractivity contribution < 1.29 is 4.79 Å². The molecule has 2 heteroatoms. The van der Waals surface area contributed by atoms with E-state index in [1.165, 1.54) is 0 Å². The van der Waals surface area contributed by atoms with Crippen LogP contribution < -0.4 is 5.32 Å². The summed E-state index contributed by atoms with van der Waals surface area (Å²) in [6.45, 7) is 5.74. The maximum absolute atomic E-state index is 11.9. The van der Waals surface area contributed by atoms with E-state index < -0.39 is 0 Å². The number of amides is 1. The number of carbonyl (C=O) groups is 1. The Hall–Kier alpha value is -1.57. The summed E-state index contributed by atoms with van der Waals surface area (Å²) in [4.78, 5) is 11.9. The third-order valence-corrected chi connectivity index (χ3v) is 2.69. The lowest BCUT2D eigenvalue weighted by Crippen LogP contribution is -2.26. The van der Waals surface area contributed by atoms with Crippen LogP contribution in [-0.2, 0) is 0 Å². The van der Waals surface area contributed by atoms with Gasteiger partial charge in [-0.05, 0) is 37.0 Å². The topological polar surface area (TPSA) is 29.1 Å². The molecule has 15 heavy (non-hydrogen) atoms. The van der Waals surface area contributed by atoms with Crippen LogP contribution in [0, 0.1) is 6.92 Å². The van der Waals surface area contributed by atoms with Crippen LogP contribution in [0.25, 0.3) is 6.08 Å². The first-order valence-electron chi connectivity index (χ1n) is 5.25. The van der Waals surface area contributed by atoms with Crippen molar-refractivity contribution in [1.82, 2.24) is 5.32 Å². The van der Waals surface area contributed by atoms with E-state index in [2.05, 4.69) is 11.9 Å². The third kappa shape index (κ3) is 2.09. The van der Waals surface area contributed by atoms with Crippen LogP contribution in [-0.4, -0.2) is 11.9 Å². The van der Waals surface area contributed by atoms with E-state index in [1.54, 1.807) is 6.08 Å². The number of carbonyl (C=O) groups excluding carboxylic acids is 1. The lowest BCUT2D eigenvalue weighted by molar-refractivity contribution is 0.0951. The second kappa shape index (κ2) is 3.89. The Bertz CT molecular complexity index is 405. The molecule has 2 rings (SSSR count). The summed E-state index contributed by atoms with van der Waals surface area (Å²) < 4.78 is 0. The highest BCUT2D eigenvalue weighted by atomic mass is 16.1. The van der Waals surface area contributed by atoms with Gasteiger partial charge in [0.15, 0.2) is 0 Å². The van der Waals surface area contributed by atoms with E-state index in [9.17, 15) is 4.79 Å². The standard InChI is InChI=1S/C13H15NO/c1-3-11-9(2)5-4-6-12(11)13(15)14-10-7-8-10/h3-6,10H,1,7-8H2,2H3,(H,14,15). The summed E-state index contributed by atoms with van der Waals surface area (Å²) in [7, 11) is 0. The van der Waals surface area contributed by atoms with E-state index in [-0.39, 0.29) is 5.91 Å². The molecule has 1 amide bonds. The monoisotopic (exact) mass is 201 g/mol. The predicted octanol–water partition coefficient (Wildman–Crippen LogP) is 2.53. The van der Waals surface area contributed by atoms with Gasteiger partial charge in [0.25, 0.3) is 5.91 Å². The minimum absolute atomic E-state index is 0.0242. The lowest BCUT2D eigenvalue weighted by atomic mass is 10.0. The van der Waals surface area contributed by atoms with Crippen LogP contribution in [0.3, 0.4) is 0 Å². The summed E-state index contributed by atoms with van der Waals surface area (Å²) in [5.41, 5.74) is 2.76. The molecule has 0 heterocycles. The van der Waals surface area contributed by atoms with Crippen LogP contribution in [0.15, 0.2) is 24.8 Å². The molecule has 0 radical (unpaired) electrons. The average Bonchev–Trinajstić information content (AvgIpc) is 3.01. The molecule has 1 N–H and O–H groups in total. The third-order valence-electron chi connectivity index (χ3n) is 2.69. The largest absolute Gasteiger partial charge is 0.349 e. The van der Waals surface area contributed by atoms with Gasteiger partial charge in [-0.3, -0.25) is 4.79 Å². The molecule has 0 aliphatic heterocycles. The number of hydrogen-bond acceptors (Lipinski definition) is 1. The molecule has 1 aromatic carbocycles. The molecule has 0 saturated heterocycles. The van der Waals surface area contributed by atoms with Gasteiger partial charge in [-0.25, -0.2) is 0 Å². The smallest absolute Gasteiger partial charge is 0.252 e. The minimum atomic E-state index is 0.0242. The van der Waals surface area contributed by atoms with Gasteiger partial charge in [0.05, 0.1) is 0 Å². The molecule has 0 spiro atoms. The Morgan fingerprint density at radius 2 is 2.27 bits per heavy atom. The zero-order valence-corrected chi connectivity index (χ0v) is 8.92. The molecule has 2 nitrogen and oxygen atoms in total. The maximum atomic E-state index is 11.9. The molecule has 0 aromatic heterocycles. The second-order valence-electron chi connectivity index (χ2n) is 3.99. The highest BCUT2D eigenvalue weighted by molar-refractivity contribution is 5.98. The first-order chi connectivity index (χ1) is 7.22. The average molecular weight is 201 g/mol. The Morgan fingerprint density at radius 1 is 1.53 bits per heavy atom. The van der Waals surface area contributed by atoms with Gasteiger partial charge in [-0.15, -0.1) is 0 Å². The van der Waals surface area contributed by atoms with Crippen LogP contribution in [0.4, 0.5) is 0 Å². The van der Waals surface area contributed by atoms with E-state index in [4.69, 9.17) is 0 Å². The van der Waals surface area contributed by atoms with Crippen LogP contribution >= 0.6 is 0 Å². The van der Waals surface area contributed by atoms with E-state index in [0.29, 0.717) is 6.04 Å². The molecule has 1 saturated carbocycles. The number of aryl methyl sites for hydroxylation is 1. The number of benzene rings is 1. The molecule has 0 atom stereocenters. The molecule has 0 unspecified atom stereocenters. The zero-order chi connectivity index (χ0) is 10.8. The molecule has 1 aromatic rings. The predicted molar refractivity (Wildman–Crippen MR) is 61.8 cm³/mol. The Kier molecular flexibility index (Phi) is 2.58. The number of hydrogen-bond donors (Lipinski definition) is 1. The van der Waals surface area contributed by atoms with E-state index in [0.717, 1.165) is 29.5 Å². The van der Waals surface area contributed by atoms with Gasteiger partial charge in [0, 0.05) is 11.6 Å².